The molecule has 7 heteroatoms. The number of fused-ring (bicyclic) bond motifs is 1. The van der Waals surface area contributed by atoms with Gasteiger partial charge in [-0.1, -0.05) is 31.2 Å². The average molecular weight is 423 g/mol. The molecule has 4 N–H and O–H groups in total. The number of ether oxygens (including phenoxy) is 1. The van der Waals surface area contributed by atoms with Crippen LogP contribution in [0.25, 0.3) is 11.0 Å². The number of nitrogens with zero attached hydrogens (tertiary/aromatic N) is 1. The summed E-state index contributed by atoms with van der Waals surface area (Å²) in [5.41, 5.74) is 2.88. The summed E-state index contributed by atoms with van der Waals surface area (Å²) >= 11 is 0. The van der Waals surface area contributed by atoms with Crippen LogP contribution in [0, 0.1) is 0 Å². The number of para-hydroxylation sites is 2. The van der Waals surface area contributed by atoms with Gasteiger partial charge >= 0.3 is 6.03 Å². The van der Waals surface area contributed by atoms with E-state index in [1.54, 1.807) is 7.11 Å². The molecule has 1 aromatic heterocycles. The zero-order valence-electron chi connectivity index (χ0n) is 18.0. The van der Waals surface area contributed by atoms with Gasteiger partial charge in [-0.05, 0) is 55.5 Å². The van der Waals surface area contributed by atoms with Crippen LogP contribution in [-0.4, -0.2) is 40.4 Å². The molecule has 0 saturated heterocycles. The maximum absolute atomic E-state index is 12.9. The number of aliphatic hydroxyl groups excluding tert-OH is 1. The summed E-state index contributed by atoms with van der Waals surface area (Å²) < 4.78 is 5.27. The molecule has 3 aromatic rings. The van der Waals surface area contributed by atoms with E-state index >= 15 is 0 Å². The van der Waals surface area contributed by atoms with E-state index in [0.29, 0.717) is 0 Å². The van der Waals surface area contributed by atoms with Crippen LogP contribution in [0.2, 0.25) is 0 Å². The van der Waals surface area contributed by atoms with Crippen molar-refractivity contribution in [3.8, 4) is 5.75 Å². The van der Waals surface area contributed by atoms with Gasteiger partial charge in [0.05, 0.1) is 30.3 Å². The smallest absolute Gasteiger partial charge is 0.315 e. The Hall–Kier alpha value is -3.06. The molecule has 0 unspecified atom stereocenters. The Morgan fingerprint density at radius 1 is 1.13 bits per heavy atom. The largest absolute Gasteiger partial charge is 0.497 e. The highest BCUT2D eigenvalue weighted by atomic mass is 16.5. The van der Waals surface area contributed by atoms with Crippen LogP contribution in [0.4, 0.5) is 4.79 Å². The van der Waals surface area contributed by atoms with E-state index in [2.05, 4.69) is 22.5 Å². The second-order valence-corrected chi connectivity index (χ2v) is 8.30. The minimum Gasteiger partial charge on any atom is -0.497 e. The molecule has 1 aliphatic rings. The molecule has 0 radical (unpaired) electrons. The van der Waals surface area contributed by atoms with Crippen LogP contribution < -0.4 is 15.4 Å². The molecule has 7 nitrogen and oxygen atoms in total. The van der Waals surface area contributed by atoms with Crippen LogP contribution in [0.5, 0.6) is 5.75 Å². The molecule has 0 spiro atoms. The number of H-pyrrole nitrogens is 1. The molecule has 1 saturated carbocycles. The molecule has 0 aliphatic heterocycles. The van der Waals surface area contributed by atoms with E-state index in [1.165, 1.54) is 0 Å². The highest BCUT2D eigenvalue weighted by Gasteiger charge is 2.28. The predicted octanol–water partition coefficient (Wildman–Crippen LogP) is 4.02. The quantitative estimate of drug-likeness (QED) is 0.482. The van der Waals surface area contributed by atoms with Crippen molar-refractivity contribution in [3.63, 3.8) is 0 Å². The monoisotopic (exact) mass is 422 g/mol. The molecule has 1 fully saturated rings. The number of benzene rings is 2. The Morgan fingerprint density at radius 3 is 2.52 bits per heavy atom. The number of imidazole rings is 1. The lowest BCUT2D eigenvalue weighted by Crippen LogP contribution is -2.46. The summed E-state index contributed by atoms with van der Waals surface area (Å²) in [7, 11) is 1.64. The van der Waals surface area contributed by atoms with E-state index < -0.39 is 0 Å². The van der Waals surface area contributed by atoms with Crippen molar-refractivity contribution in [1.29, 1.82) is 0 Å². The first-order valence-corrected chi connectivity index (χ1v) is 10.9. The van der Waals surface area contributed by atoms with Gasteiger partial charge in [-0.15, -0.1) is 0 Å². The summed E-state index contributed by atoms with van der Waals surface area (Å²) in [4.78, 5) is 21.0. The van der Waals surface area contributed by atoms with E-state index in [4.69, 9.17) is 9.72 Å². The number of aromatic amines is 1. The summed E-state index contributed by atoms with van der Waals surface area (Å²) in [6.45, 7) is 2.08. The normalized spacial score (nSPS) is 20.7. The van der Waals surface area contributed by atoms with Gasteiger partial charge < -0.3 is 25.5 Å². The SMILES string of the molecule is COc1ccc([C@H](C)[C@H](NC(=O)NC2CCC(O)CC2)c2nc3ccccc3[nH]2)cc1. The molecule has 2 atom stereocenters. The van der Waals surface area contributed by atoms with Crippen molar-refractivity contribution in [3.05, 3.63) is 59.9 Å². The fourth-order valence-corrected chi connectivity index (χ4v) is 4.24. The first-order chi connectivity index (χ1) is 15.0. The van der Waals surface area contributed by atoms with E-state index in [9.17, 15) is 9.90 Å². The van der Waals surface area contributed by atoms with Crippen LogP contribution in [0.3, 0.4) is 0 Å². The molecular formula is C24H30N4O3. The number of aromatic nitrogens is 2. The van der Waals surface area contributed by atoms with Gasteiger partial charge in [-0.2, -0.15) is 0 Å². The second kappa shape index (κ2) is 9.39. The lowest BCUT2D eigenvalue weighted by Gasteiger charge is -2.29. The number of nitrogens with one attached hydrogen (secondary N) is 3. The predicted molar refractivity (Wildman–Crippen MR) is 120 cm³/mol. The van der Waals surface area contributed by atoms with Crippen molar-refractivity contribution < 1.29 is 14.6 Å². The van der Waals surface area contributed by atoms with Gasteiger partial charge in [0.25, 0.3) is 0 Å². The van der Waals surface area contributed by atoms with Crippen LogP contribution >= 0.6 is 0 Å². The third-order valence-electron chi connectivity index (χ3n) is 6.16. The number of carbonyl (C=O) groups is 1. The zero-order valence-corrected chi connectivity index (χ0v) is 18.0. The second-order valence-electron chi connectivity index (χ2n) is 8.30. The van der Waals surface area contributed by atoms with Gasteiger partial charge in [0.1, 0.15) is 11.6 Å². The van der Waals surface area contributed by atoms with Gasteiger partial charge in [0.15, 0.2) is 0 Å². The Morgan fingerprint density at radius 2 is 1.84 bits per heavy atom. The molecule has 1 aliphatic carbocycles. The van der Waals surface area contributed by atoms with Crippen molar-refractivity contribution >= 4 is 17.1 Å². The minimum atomic E-state index is -0.338. The third kappa shape index (κ3) is 4.99. The maximum Gasteiger partial charge on any atom is 0.315 e. The van der Waals surface area contributed by atoms with E-state index in [0.717, 1.165) is 53.9 Å². The van der Waals surface area contributed by atoms with Gasteiger partial charge in [-0.25, -0.2) is 9.78 Å². The Balaban J connectivity index is 1.56. The molecule has 0 bridgehead atoms. The molecule has 2 aromatic carbocycles. The maximum atomic E-state index is 12.9. The standard InChI is InChI=1S/C24H30N4O3/c1-15(16-7-13-19(31-2)14-8-16)22(23-26-20-5-3-4-6-21(20)27-23)28-24(30)25-17-9-11-18(29)12-10-17/h3-8,13-15,17-18,22,29H,9-12H2,1-2H3,(H,26,27)(H2,25,28,30)/t15-,17?,18?,22-/m0/s1. The fourth-order valence-electron chi connectivity index (χ4n) is 4.24. The number of urea groups is 1. The first-order valence-electron chi connectivity index (χ1n) is 10.9. The first kappa shape index (κ1) is 21.2. The zero-order chi connectivity index (χ0) is 21.8. The highest BCUT2D eigenvalue weighted by Crippen LogP contribution is 2.31. The topological polar surface area (TPSA) is 99.3 Å². The number of carbonyl (C=O) groups excluding carboxylic acids is 1. The fraction of sp³-hybridized carbons (Fsp3) is 0.417. The van der Waals surface area contributed by atoms with Crippen LogP contribution in [-0.2, 0) is 0 Å². The molecule has 1 heterocycles. The van der Waals surface area contributed by atoms with Crippen molar-refractivity contribution in [2.75, 3.05) is 7.11 Å². The molecule has 4 rings (SSSR count). The summed E-state index contributed by atoms with van der Waals surface area (Å²) in [6.07, 6.45) is 2.77. The van der Waals surface area contributed by atoms with E-state index in [1.807, 2.05) is 48.5 Å². The number of hydrogen-bond acceptors (Lipinski definition) is 4. The number of amides is 2. The molecule has 164 valence electrons. The molecule has 31 heavy (non-hydrogen) atoms. The van der Waals surface area contributed by atoms with Crippen molar-refractivity contribution in [1.82, 2.24) is 20.6 Å². The lowest BCUT2D eigenvalue weighted by atomic mass is 9.92. The average Bonchev–Trinajstić information content (AvgIpc) is 3.22. The van der Waals surface area contributed by atoms with Gasteiger partial charge in [0, 0.05) is 12.0 Å². The van der Waals surface area contributed by atoms with Crippen molar-refractivity contribution in [2.24, 2.45) is 0 Å². The summed E-state index contributed by atoms with van der Waals surface area (Å²) in [6, 6.07) is 15.3. The summed E-state index contributed by atoms with van der Waals surface area (Å²) in [5.74, 6) is 1.49. The third-order valence-corrected chi connectivity index (χ3v) is 6.16. The number of rotatable bonds is 6. The number of hydrogen-bond donors (Lipinski definition) is 4. The summed E-state index contributed by atoms with van der Waals surface area (Å²) in [5, 5.41) is 15.9. The minimum absolute atomic E-state index is 0.0228. The van der Waals surface area contributed by atoms with Gasteiger partial charge in [-0.3, -0.25) is 0 Å². The molecule has 2 amide bonds. The van der Waals surface area contributed by atoms with E-state index in [-0.39, 0.29) is 30.1 Å². The number of aliphatic hydroxyl groups is 1. The Kier molecular flexibility index (Phi) is 6.42. The van der Waals surface area contributed by atoms with Gasteiger partial charge in [0.2, 0.25) is 0 Å². The Labute approximate surface area is 182 Å². The van der Waals surface area contributed by atoms with Crippen LogP contribution in [0.15, 0.2) is 48.5 Å². The lowest BCUT2D eigenvalue weighted by molar-refractivity contribution is 0.117. The van der Waals surface area contributed by atoms with Crippen molar-refractivity contribution in [2.45, 2.75) is 56.7 Å². The Bertz CT molecular complexity index is 976. The number of methoxy groups -OCH3 is 1. The molecular weight excluding hydrogens is 392 g/mol. The highest BCUT2D eigenvalue weighted by molar-refractivity contribution is 5.77. The van der Waals surface area contributed by atoms with Crippen LogP contribution in [0.1, 0.15) is 56.0 Å².